The molecule has 0 heterocycles. The molecule has 0 amide bonds. The highest BCUT2D eigenvalue weighted by Crippen LogP contribution is 2.48. The minimum Gasteiger partial charge on any atom is -0.478 e. The van der Waals surface area contributed by atoms with Crippen LogP contribution in [0, 0.1) is 11.8 Å². The van der Waals surface area contributed by atoms with Crippen molar-refractivity contribution in [2.75, 3.05) is 0 Å². The molecule has 0 saturated heterocycles. The van der Waals surface area contributed by atoms with E-state index in [0.29, 0.717) is 18.1 Å². The number of carbonyl (C=O) groups is 2. The molecule has 0 aromatic carbocycles. The van der Waals surface area contributed by atoms with E-state index in [2.05, 4.69) is 0 Å². The number of carboxylic acids is 1. The second-order valence-corrected chi connectivity index (χ2v) is 3.94. The van der Waals surface area contributed by atoms with Crippen molar-refractivity contribution in [1.29, 1.82) is 0 Å². The Morgan fingerprint density at radius 1 is 1.46 bits per heavy atom. The van der Waals surface area contributed by atoms with E-state index in [4.69, 9.17) is 5.11 Å². The molecule has 70 valence electrons. The fourth-order valence-corrected chi connectivity index (χ4v) is 2.65. The lowest BCUT2D eigenvalue weighted by molar-refractivity contribution is -0.133. The van der Waals surface area contributed by atoms with Crippen LogP contribution in [-0.2, 0) is 9.59 Å². The van der Waals surface area contributed by atoms with E-state index < -0.39 is 5.97 Å². The van der Waals surface area contributed by atoms with Gasteiger partial charge in [-0.15, -0.1) is 0 Å². The maximum Gasteiger partial charge on any atom is 0.338 e. The lowest BCUT2D eigenvalue weighted by atomic mass is 9.91. The maximum absolute atomic E-state index is 10.7. The Kier molecular flexibility index (Phi) is 1.94. The van der Waals surface area contributed by atoms with Crippen LogP contribution in [-0.4, -0.2) is 17.4 Å². The van der Waals surface area contributed by atoms with Gasteiger partial charge in [-0.25, -0.2) is 4.79 Å². The van der Waals surface area contributed by atoms with Crippen molar-refractivity contribution in [2.24, 2.45) is 11.8 Å². The molecule has 2 atom stereocenters. The highest BCUT2D eigenvalue weighted by atomic mass is 16.4. The smallest absolute Gasteiger partial charge is 0.338 e. The molecule has 2 aliphatic rings. The van der Waals surface area contributed by atoms with Crippen LogP contribution in [0.5, 0.6) is 0 Å². The number of hydrogen-bond donors (Lipinski definition) is 1. The topological polar surface area (TPSA) is 54.4 Å². The van der Waals surface area contributed by atoms with Crippen LogP contribution in [0.3, 0.4) is 0 Å². The molecule has 0 spiro atoms. The van der Waals surface area contributed by atoms with E-state index in [0.717, 1.165) is 24.8 Å². The summed E-state index contributed by atoms with van der Waals surface area (Å²) in [4.78, 5) is 21.3. The molecule has 0 radical (unpaired) electrons. The van der Waals surface area contributed by atoms with E-state index in [1.165, 1.54) is 6.42 Å². The molecule has 2 rings (SSSR count). The molecule has 0 aromatic rings. The predicted molar refractivity (Wildman–Crippen MR) is 46.2 cm³/mol. The summed E-state index contributed by atoms with van der Waals surface area (Å²) < 4.78 is 0. The van der Waals surface area contributed by atoms with Gasteiger partial charge >= 0.3 is 5.97 Å². The summed E-state index contributed by atoms with van der Waals surface area (Å²) >= 11 is 0. The molecule has 2 saturated carbocycles. The second kappa shape index (κ2) is 2.98. The summed E-state index contributed by atoms with van der Waals surface area (Å²) in [5, 5.41) is 8.77. The van der Waals surface area contributed by atoms with Crippen molar-refractivity contribution in [1.82, 2.24) is 0 Å². The Morgan fingerprint density at radius 2 is 2.23 bits per heavy atom. The van der Waals surface area contributed by atoms with Gasteiger partial charge in [0, 0.05) is 0 Å². The minimum atomic E-state index is -1.06. The number of carbonyl (C=O) groups excluding carboxylic acids is 1. The van der Waals surface area contributed by atoms with Crippen LogP contribution in [0.25, 0.3) is 0 Å². The van der Waals surface area contributed by atoms with Crippen molar-refractivity contribution in [2.45, 2.75) is 25.7 Å². The van der Waals surface area contributed by atoms with E-state index in [1.807, 2.05) is 0 Å². The SMILES string of the molecule is O=CC(C(=O)O)=C1CC2CCC1C2. The van der Waals surface area contributed by atoms with Crippen LogP contribution in [0.15, 0.2) is 11.1 Å². The Bertz CT molecular complexity index is 291. The number of hydrogen-bond acceptors (Lipinski definition) is 2. The number of rotatable bonds is 2. The predicted octanol–water partition coefficient (Wildman–Crippen LogP) is 1.39. The van der Waals surface area contributed by atoms with Crippen LogP contribution < -0.4 is 0 Å². The van der Waals surface area contributed by atoms with Crippen molar-refractivity contribution < 1.29 is 14.7 Å². The molecule has 2 bridgehead atoms. The normalized spacial score (nSPS) is 34.8. The maximum atomic E-state index is 10.7. The van der Waals surface area contributed by atoms with Gasteiger partial charge in [0.05, 0.1) is 5.57 Å². The molecule has 2 unspecified atom stereocenters. The first-order valence-corrected chi connectivity index (χ1v) is 4.64. The van der Waals surface area contributed by atoms with Gasteiger partial charge in [0.25, 0.3) is 0 Å². The Balaban J connectivity index is 2.32. The molecule has 3 heteroatoms. The fraction of sp³-hybridized carbons (Fsp3) is 0.600. The average molecular weight is 180 g/mol. The van der Waals surface area contributed by atoms with Gasteiger partial charge in [-0.2, -0.15) is 0 Å². The van der Waals surface area contributed by atoms with Crippen molar-refractivity contribution in [3.8, 4) is 0 Å². The van der Waals surface area contributed by atoms with Crippen molar-refractivity contribution in [3.05, 3.63) is 11.1 Å². The van der Waals surface area contributed by atoms with Crippen LogP contribution in [0.4, 0.5) is 0 Å². The number of aldehydes is 1. The molecule has 2 fully saturated rings. The van der Waals surface area contributed by atoms with Gasteiger partial charge in [-0.3, -0.25) is 4.79 Å². The Hall–Kier alpha value is -1.12. The third-order valence-electron chi connectivity index (χ3n) is 3.24. The lowest BCUT2D eigenvalue weighted by Gasteiger charge is -2.13. The first kappa shape index (κ1) is 8.48. The monoisotopic (exact) mass is 180 g/mol. The van der Waals surface area contributed by atoms with Crippen molar-refractivity contribution >= 4 is 12.3 Å². The summed E-state index contributed by atoms with van der Waals surface area (Å²) in [5.41, 5.74) is 0.922. The molecule has 0 aliphatic heterocycles. The van der Waals surface area contributed by atoms with Crippen LogP contribution >= 0.6 is 0 Å². The molecule has 13 heavy (non-hydrogen) atoms. The van der Waals surface area contributed by atoms with E-state index in [-0.39, 0.29) is 5.57 Å². The van der Waals surface area contributed by atoms with E-state index in [1.54, 1.807) is 0 Å². The number of fused-ring (bicyclic) bond motifs is 2. The zero-order valence-corrected chi connectivity index (χ0v) is 7.32. The van der Waals surface area contributed by atoms with Crippen LogP contribution in [0.2, 0.25) is 0 Å². The third kappa shape index (κ3) is 1.28. The van der Waals surface area contributed by atoms with Gasteiger partial charge in [-0.1, -0.05) is 0 Å². The quantitative estimate of drug-likeness (QED) is 0.302. The molecule has 0 aromatic heterocycles. The summed E-state index contributed by atoms with van der Waals surface area (Å²) in [6.07, 6.45) is 4.72. The Labute approximate surface area is 76.4 Å². The van der Waals surface area contributed by atoms with Gasteiger partial charge in [0.1, 0.15) is 0 Å². The summed E-state index contributed by atoms with van der Waals surface area (Å²) in [5.74, 6) is -0.0202. The highest BCUT2D eigenvalue weighted by Gasteiger charge is 2.37. The average Bonchev–Trinajstić information content (AvgIpc) is 2.65. The Morgan fingerprint density at radius 3 is 2.62 bits per heavy atom. The lowest BCUT2D eigenvalue weighted by Crippen LogP contribution is -2.10. The van der Waals surface area contributed by atoms with Crippen molar-refractivity contribution in [3.63, 3.8) is 0 Å². The standard InChI is InChI=1S/C10H12O3/c11-5-9(10(12)13)8-4-6-1-2-7(8)3-6/h5-7H,1-4H2,(H,12,13). The van der Waals surface area contributed by atoms with Crippen LogP contribution in [0.1, 0.15) is 25.7 Å². The van der Waals surface area contributed by atoms with Gasteiger partial charge in [0.15, 0.2) is 6.29 Å². The number of allylic oxidation sites excluding steroid dienone is 1. The van der Waals surface area contributed by atoms with Gasteiger partial charge < -0.3 is 5.11 Å². The second-order valence-electron chi connectivity index (χ2n) is 3.94. The largest absolute Gasteiger partial charge is 0.478 e. The molecule has 3 nitrogen and oxygen atoms in total. The first-order valence-electron chi connectivity index (χ1n) is 4.64. The van der Waals surface area contributed by atoms with E-state index >= 15 is 0 Å². The minimum absolute atomic E-state index is 0.0206. The molecular formula is C10H12O3. The van der Waals surface area contributed by atoms with Gasteiger partial charge in [-0.05, 0) is 43.1 Å². The number of aliphatic carboxylic acids is 1. The number of carboxylic acid groups (broad SMARTS) is 1. The first-order chi connectivity index (χ1) is 6.22. The third-order valence-corrected chi connectivity index (χ3v) is 3.24. The summed E-state index contributed by atoms with van der Waals surface area (Å²) in [6.45, 7) is 0. The fourth-order valence-electron chi connectivity index (χ4n) is 2.65. The zero-order valence-electron chi connectivity index (χ0n) is 7.32. The zero-order chi connectivity index (χ0) is 9.42. The highest BCUT2D eigenvalue weighted by molar-refractivity contribution is 6.07. The van der Waals surface area contributed by atoms with Gasteiger partial charge in [0.2, 0.25) is 0 Å². The molecule has 2 aliphatic carbocycles. The summed E-state index contributed by atoms with van der Waals surface area (Å²) in [7, 11) is 0. The molecule has 1 N–H and O–H groups in total. The molecular weight excluding hydrogens is 168 g/mol. The summed E-state index contributed by atoms with van der Waals surface area (Å²) in [6, 6.07) is 0. The van der Waals surface area contributed by atoms with E-state index in [9.17, 15) is 9.59 Å².